The van der Waals surface area contributed by atoms with Crippen molar-refractivity contribution in [3.63, 3.8) is 0 Å². The van der Waals surface area contributed by atoms with Gasteiger partial charge in [0.2, 0.25) is 5.91 Å². The van der Waals surface area contributed by atoms with E-state index in [1.165, 1.54) is 31.3 Å². The molecule has 1 aromatic heterocycles. The molecule has 2 aromatic rings. The maximum Gasteiger partial charge on any atom is 0.221 e. The summed E-state index contributed by atoms with van der Waals surface area (Å²) in [5, 5.41) is 2.41. The number of carbonyl (C=O) groups is 1. The molecule has 6 N–H and O–H groups in total. The zero-order valence-corrected chi connectivity index (χ0v) is 16.7. The number of allylic oxidation sites excluding steroid dienone is 1. The van der Waals surface area contributed by atoms with Crippen LogP contribution in [0.5, 0.6) is 0 Å². The van der Waals surface area contributed by atoms with Gasteiger partial charge in [0.1, 0.15) is 17.5 Å². The Morgan fingerprint density at radius 2 is 2.10 bits per heavy atom. The lowest BCUT2D eigenvalue weighted by atomic mass is 10.0. The summed E-state index contributed by atoms with van der Waals surface area (Å²) in [6, 6.07) is 5.51. The van der Waals surface area contributed by atoms with E-state index in [9.17, 15) is 13.6 Å². The minimum Gasteiger partial charge on any atom is -0.383 e. The van der Waals surface area contributed by atoms with Crippen LogP contribution in [0, 0.1) is 5.82 Å². The number of amides is 1. The van der Waals surface area contributed by atoms with Gasteiger partial charge >= 0.3 is 0 Å². The summed E-state index contributed by atoms with van der Waals surface area (Å²) < 4.78 is 27.0. The van der Waals surface area contributed by atoms with Crippen LogP contribution >= 0.6 is 0 Å². The monoisotopic (exact) mass is 414 g/mol. The zero-order valence-electron chi connectivity index (χ0n) is 16.7. The molecular weight excluding hydrogens is 390 g/mol. The third-order valence-electron chi connectivity index (χ3n) is 4.13. The highest BCUT2D eigenvalue weighted by atomic mass is 19.1. The van der Waals surface area contributed by atoms with E-state index >= 15 is 0 Å². The Kier molecular flexibility index (Phi) is 8.18. The summed E-state index contributed by atoms with van der Waals surface area (Å²) in [6.07, 6.45) is 7.34. The third kappa shape index (κ3) is 5.95. The first kappa shape index (κ1) is 22.7. The van der Waals surface area contributed by atoms with E-state index in [0.717, 1.165) is 0 Å². The number of hydrazine groups is 1. The van der Waals surface area contributed by atoms with Crippen LogP contribution in [-0.2, 0) is 4.79 Å². The molecule has 0 spiro atoms. The Morgan fingerprint density at radius 1 is 1.33 bits per heavy atom. The Hall–Kier alpha value is -3.59. The molecule has 0 aliphatic heterocycles. The molecule has 0 saturated carbocycles. The van der Waals surface area contributed by atoms with Crippen molar-refractivity contribution in [3.05, 3.63) is 66.4 Å². The van der Waals surface area contributed by atoms with Gasteiger partial charge in [0.25, 0.3) is 0 Å². The van der Waals surface area contributed by atoms with Crippen molar-refractivity contribution in [1.29, 1.82) is 0 Å². The van der Waals surface area contributed by atoms with Gasteiger partial charge in [0.15, 0.2) is 0 Å². The lowest BCUT2D eigenvalue weighted by Gasteiger charge is -2.13. The van der Waals surface area contributed by atoms with E-state index in [-0.39, 0.29) is 23.2 Å². The lowest BCUT2D eigenvalue weighted by molar-refractivity contribution is -0.114. The molecule has 0 saturated heterocycles. The molecule has 1 amide bonds. The van der Waals surface area contributed by atoms with E-state index in [1.54, 1.807) is 12.1 Å². The molecular formula is C21H24F2N6O. The molecule has 30 heavy (non-hydrogen) atoms. The van der Waals surface area contributed by atoms with Crippen LogP contribution in [0.2, 0.25) is 0 Å². The molecule has 7 nitrogen and oxygen atoms in total. The highest BCUT2D eigenvalue weighted by molar-refractivity contribution is 6.03. The number of hydrogen-bond acceptors (Lipinski definition) is 5. The molecule has 158 valence electrons. The van der Waals surface area contributed by atoms with E-state index in [0.29, 0.717) is 29.4 Å². The number of hydrogen-bond donors (Lipinski definition) is 4. The first-order valence-electron chi connectivity index (χ1n) is 9.15. The average molecular weight is 414 g/mol. The predicted octanol–water partition coefficient (Wildman–Crippen LogP) is 3.46. The van der Waals surface area contributed by atoms with E-state index in [2.05, 4.69) is 20.7 Å². The fraction of sp³-hybridized carbons (Fsp3) is 0.190. The Morgan fingerprint density at radius 3 is 2.70 bits per heavy atom. The quantitative estimate of drug-likeness (QED) is 0.182. The van der Waals surface area contributed by atoms with E-state index < -0.39 is 11.9 Å². The molecule has 9 heteroatoms. The van der Waals surface area contributed by atoms with Crippen molar-refractivity contribution in [3.8, 4) is 11.1 Å². The number of anilines is 2. The van der Waals surface area contributed by atoms with Gasteiger partial charge in [-0.25, -0.2) is 19.6 Å². The number of aromatic nitrogens is 1. The summed E-state index contributed by atoms with van der Waals surface area (Å²) in [4.78, 5) is 19.7. The van der Waals surface area contributed by atoms with Gasteiger partial charge in [-0.15, -0.1) is 0 Å². The largest absolute Gasteiger partial charge is 0.383 e. The molecule has 0 radical (unpaired) electrons. The maximum absolute atomic E-state index is 14.3. The molecule has 2 rings (SSSR count). The second-order valence-corrected chi connectivity index (χ2v) is 6.35. The normalized spacial score (nSPS) is 13.0. The summed E-state index contributed by atoms with van der Waals surface area (Å²) in [5.74, 6) is 5.03. The van der Waals surface area contributed by atoms with Crippen molar-refractivity contribution in [2.24, 2.45) is 10.8 Å². The molecule has 0 aliphatic rings. The number of benzene rings is 1. The number of pyridine rings is 1. The highest BCUT2D eigenvalue weighted by Gasteiger charge is 2.14. The first-order chi connectivity index (χ1) is 14.4. The smallest absolute Gasteiger partial charge is 0.221 e. The summed E-state index contributed by atoms with van der Waals surface area (Å²) in [6.45, 7) is 3.15. The van der Waals surface area contributed by atoms with Crippen LogP contribution in [0.1, 0.15) is 25.8 Å². The zero-order chi connectivity index (χ0) is 22.1. The third-order valence-corrected chi connectivity index (χ3v) is 4.13. The van der Waals surface area contributed by atoms with Gasteiger partial charge in [-0.2, -0.15) is 0 Å². The van der Waals surface area contributed by atoms with Crippen LogP contribution in [0.25, 0.3) is 11.1 Å². The number of nitrogen functional groups attached to an aromatic ring is 1. The number of halogens is 2. The Bertz CT molecular complexity index is 987. The van der Waals surface area contributed by atoms with Crippen molar-refractivity contribution in [1.82, 2.24) is 10.4 Å². The molecule has 0 bridgehead atoms. The standard InChI is InChI=1S/C21H24F2N6O/c1-3-4-5-16(8-9-22)28-21(29-25)17-10-15(12-26-20(17)24)14-6-7-19(18(23)11-14)27-13(2)30/h3-4,6-12,16H,5,25H2,1-2H3,(H2,24,26)(H,27,30)(H,28,29)/b4-3-,9-8+. The number of carbonyl (C=O) groups excluding carboxylic acids is 1. The number of rotatable bonds is 7. The van der Waals surface area contributed by atoms with Gasteiger partial charge in [-0.1, -0.05) is 18.2 Å². The summed E-state index contributed by atoms with van der Waals surface area (Å²) in [7, 11) is 0. The topological polar surface area (TPSA) is 118 Å². The molecule has 1 atom stereocenters. The summed E-state index contributed by atoms with van der Waals surface area (Å²) >= 11 is 0. The average Bonchev–Trinajstić information content (AvgIpc) is 2.72. The number of nitrogens with two attached hydrogens (primary N) is 2. The SMILES string of the molecule is C/C=C\CC(/C=C/F)N=C(NN)c1cc(-c2ccc(NC(C)=O)c(F)c2)cnc1N. The van der Waals surface area contributed by atoms with Crippen molar-refractivity contribution in [2.75, 3.05) is 11.1 Å². The predicted molar refractivity (Wildman–Crippen MR) is 116 cm³/mol. The number of nitrogens with zero attached hydrogens (tertiary/aromatic N) is 2. The summed E-state index contributed by atoms with van der Waals surface area (Å²) in [5.41, 5.74) is 10.00. The lowest BCUT2D eigenvalue weighted by Crippen LogP contribution is -2.33. The minimum absolute atomic E-state index is 0.0746. The molecule has 0 aliphatic carbocycles. The number of amidine groups is 1. The van der Waals surface area contributed by atoms with Crippen LogP contribution in [0.15, 0.2) is 60.0 Å². The first-order valence-corrected chi connectivity index (χ1v) is 9.15. The van der Waals surface area contributed by atoms with Gasteiger partial charge in [0.05, 0.1) is 23.6 Å². The van der Waals surface area contributed by atoms with Crippen molar-refractivity contribution >= 4 is 23.2 Å². The molecule has 0 fully saturated rings. The molecule has 1 heterocycles. The van der Waals surface area contributed by atoms with Gasteiger partial charge in [-0.05, 0) is 43.2 Å². The van der Waals surface area contributed by atoms with E-state index in [4.69, 9.17) is 11.6 Å². The van der Waals surface area contributed by atoms with Crippen LogP contribution in [0.4, 0.5) is 20.3 Å². The molecule has 1 unspecified atom stereocenters. The van der Waals surface area contributed by atoms with Crippen LogP contribution < -0.4 is 22.3 Å². The highest BCUT2D eigenvalue weighted by Crippen LogP contribution is 2.26. The van der Waals surface area contributed by atoms with Crippen LogP contribution in [-0.4, -0.2) is 22.8 Å². The van der Waals surface area contributed by atoms with Gasteiger partial charge < -0.3 is 16.5 Å². The Labute approximate surface area is 173 Å². The van der Waals surface area contributed by atoms with Gasteiger partial charge in [0, 0.05) is 18.7 Å². The van der Waals surface area contributed by atoms with E-state index in [1.807, 2.05) is 19.1 Å². The fourth-order valence-corrected chi connectivity index (χ4v) is 2.69. The minimum atomic E-state index is -0.591. The second-order valence-electron chi connectivity index (χ2n) is 6.35. The maximum atomic E-state index is 14.3. The Balaban J connectivity index is 2.45. The van der Waals surface area contributed by atoms with Crippen molar-refractivity contribution in [2.45, 2.75) is 26.3 Å². The molecule has 1 aromatic carbocycles. The van der Waals surface area contributed by atoms with Crippen molar-refractivity contribution < 1.29 is 13.6 Å². The number of aliphatic imine (C=N–C) groups is 1. The number of nitrogens with one attached hydrogen (secondary N) is 2. The van der Waals surface area contributed by atoms with Gasteiger partial charge in [-0.3, -0.25) is 9.79 Å². The fourth-order valence-electron chi connectivity index (χ4n) is 2.69. The second kappa shape index (κ2) is 10.8. The van der Waals surface area contributed by atoms with Crippen LogP contribution in [0.3, 0.4) is 0 Å².